The van der Waals surface area contributed by atoms with Crippen LogP contribution in [0, 0.1) is 24.0 Å². The first-order valence-corrected chi connectivity index (χ1v) is 9.02. The Bertz CT molecular complexity index is 951. The largest absolute Gasteiger partial charge is 0.346 e. The molecule has 1 unspecified atom stereocenters. The summed E-state index contributed by atoms with van der Waals surface area (Å²) in [4.78, 5) is 12.2. The van der Waals surface area contributed by atoms with Crippen LogP contribution in [0.1, 0.15) is 28.9 Å². The van der Waals surface area contributed by atoms with Crippen LogP contribution < -0.4 is 10.0 Å². The van der Waals surface area contributed by atoms with Gasteiger partial charge in [-0.05, 0) is 48.9 Å². The minimum absolute atomic E-state index is 0.0297. The second-order valence-corrected chi connectivity index (χ2v) is 7.19. The number of hydrogen-bond donors (Lipinski definition) is 2. The monoisotopic (exact) mass is 378 g/mol. The van der Waals surface area contributed by atoms with Gasteiger partial charge in [0.1, 0.15) is 0 Å². The minimum atomic E-state index is -3.74. The number of benzene rings is 2. The molecule has 2 rings (SSSR count). The molecule has 0 bridgehead atoms. The Kier molecular flexibility index (Phi) is 6.08. The summed E-state index contributed by atoms with van der Waals surface area (Å²) >= 11 is 0. The van der Waals surface area contributed by atoms with E-state index in [-0.39, 0.29) is 17.0 Å². The average Bonchev–Trinajstić information content (AvgIpc) is 2.62. The van der Waals surface area contributed by atoms with Gasteiger partial charge < -0.3 is 5.32 Å². The number of terminal acetylenes is 1. The number of hydrogen-bond acceptors (Lipinski definition) is 3. The van der Waals surface area contributed by atoms with Crippen molar-refractivity contribution in [3.05, 3.63) is 65.2 Å². The summed E-state index contributed by atoms with van der Waals surface area (Å²) in [5.41, 5.74) is 0.616. The molecule has 1 atom stereocenters. The van der Waals surface area contributed by atoms with Crippen LogP contribution in [0.15, 0.2) is 47.4 Å². The fourth-order valence-electron chi connectivity index (χ4n) is 2.15. The molecule has 2 N–H and O–H groups in total. The van der Waals surface area contributed by atoms with Gasteiger partial charge in [-0.15, -0.1) is 6.42 Å². The molecule has 0 aromatic heterocycles. The van der Waals surface area contributed by atoms with Gasteiger partial charge in [-0.1, -0.05) is 12.0 Å². The number of rotatable bonds is 6. The standard InChI is InChI=1S/C18H16F2N2O3S/c1-3-10-21-26(24,25)15-7-4-13(5-8-15)18(23)22-12(2)14-6-9-16(19)17(20)11-14/h1,4-9,11-12,21H,10H2,2H3,(H,22,23). The van der Waals surface area contributed by atoms with Crippen molar-refractivity contribution >= 4 is 15.9 Å². The van der Waals surface area contributed by atoms with E-state index in [1.807, 2.05) is 0 Å². The van der Waals surface area contributed by atoms with E-state index in [9.17, 15) is 22.0 Å². The third kappa shape index (κ3) is 4.65. The molecule has 2 aromatic carbocycles. The Morgan fingerprint density at radius 2 is 1.81 bits per heavy atom. The average molecular weight is 378 g/mol. The quantitative estimate of drug-likeness (QED) is 0.758. The van der Waals surface area contributed by atoms with Gasteiger partial charge in [-0.2, -0.15) is 4.72 Å². The van der Waals surface area contributed by atoms with Gasteiger partial charge in [0.2, 0.25) is 10.0 Å². The summed E-state index contributed by atoms with van der Waals surface area (Å²) in [5.74, 6) is -0.292. The topological polar surface area (TPSA) is 75.3 Å². The van der Waals surface area contributed by atoms with Gasteiger partial charge in [-0.3, -0.25) is 4.79 Å². The molecule has 0 aliphatic carbocycles. The minimum Gasteiger partial charge on any atom is -0.346 e. The van der Waals surface area contributed by atoms with E-state index < -0.39 is 33.6 Å². The zero-order valence-corrected chi connectivity index (χ0v) is 14.6. The van der Waals surface area contributed by atoms with Gasteiger partial charge in [0.05, 0.1) is 17.5 Å². The summed E-state index contributed by atoms with van der Waals surface area (Å²) in [6.07, 6.45) is 5.02. The lowest BCUT2D eigenvalue weighted by Gasteiger charge is -2.15. The Hall–Kier alpha value is -2.76. The van der Waals surface area contributed by atoms with Crippen molar-refractivity contribution < 1.29 is 22.0 Å². The van der Waals surface area contributed by atoms with Gasteiger partial charge in [0.25, 0.3) is 5.91 Å². The van der Waals surface area contributed by atoms with Crippen LogP contribution in [0.3, 0.4) is 0 Å². The number of carbonyl (C=O) groups excluding carboxylic acids is 1. The highest BCUT2D eigenvalue weighted by Gasteiger charge is 2.16. The molecule has 0 saturated carbocycles. The predicted octanol–water partition coefficient (Wildman–Crippen LogP) is 2.37. The molecule has 8 heteroatoms. The molecule has 5 nitrogen and oxygen atoms in total. The normalized spacial score (nSPS) is 12.2. The molecule has 0 aliphatic rings. The number of halogens is 2. The summed E-state index contributed by atoms with van der Waals surface area (Å²) in [5, 5.41) is 2.63. The first-order valence-electron chi connectivity index (χ1n) is 7.53. The van der Waals surface area contributed by atoms with Gasteiger partial charge in [0.15, 0.2) is 11.6 Å². The summed E-state index contributed by atoms with van der Waals surface area (Å²) in [6, 6.07) is 8.03. The highest BCUT2D eigenvalue weighted by molar-refractivity contribution is 7.89. The zero-order valence-electron chi connectivity index (χ0n) is 13.8. The van der Waals surface area contributed by atoms with E-state index in [0.29, 0.717) is 5.56 Å². The van der Waals surface area contributed by atoms with Crippen molar-refractivity contribution in [3.63, 3.8) is 0 Å². The van der Waals surface area contributed by atoms with Crippen LogP contribution in [0.2, 0.25) is 0 Å². The van der Waals surface area contributed by atoms with Crippen LogP contribution in [-0.2, 0) is 10.0 Å². The predicted molar refractivity (Wildman–Crippen MR) is 92.7 cm³/mol. The highest BCUT2D eigenvalue weighted by Crippen LogP contribution is 2.17. The van der Waals surface area contributed by atoms with Gasteiger partial charge in [-0.25, -0.2) is 17.2 Å². The van der Waals surface area contributed by atoms with Gasteiger partial charge in [0, 0.05) is 5.56 Å². The molecular formula is C18H16F2N2O3S. The van der Waals surface area contributed by atoms with E-state index in [0.717, 1.165) is 12.1 Å². The second-order valence-electron chi connectivity index (χ2n) is 5.42. The third-order valence-corrected chi connectivity index (χ3v) is 5.00. The Balaban J connectivity index is 2.10. The van der Waals surface area contributed by atoms with E-state index in [1.54, 1.807) is 6.92 Å². The molecule has 2 aromatic rings. The lowest BCUT2D eigenvalue weighted by Crippen LogP contribution is -2.27. The first-order chi connectivity index (χ1) is 12.2. The fourth-order valence-corrected chi connectivity index (χ4v) is 3.08. The lowest BCUT2D eigenvalue weighted by molar-refractivity contribution is 0.0939. The van der Waals surface area contributed by atoms with E-state index in [4.69, 9.17) is 6.42 Å². The first kappa shape index (κ1) is 19.6. The van der Waals surface area contributed by atoms with Crippen molar-refractivity contribution in [2.24, 2.45) is 0 Å². The fraction of sp³-hybridized carbons (Fsp3) is 0.167. The molecule has 0 aliphatic heterocycles. The molecule has 0 heterocycles. The Morgan fingerprint density at radius 3 is 2.38 bits per heavy atom. The number of amides is 1. The maximum Gasteiger partial charge on any atom is 0.251 e. The van der Waals surface area contributed by atoms with Gasteiger partial charge >= 0.3 is 0 Å². The lowest BCUT2D eigenvalue weighted by atomic mass is 10.1. The zero-order chi connectivity index (χ0) is 19.3. The molecule has 136 valence electrons. The molecule has 1 amide bonds. The molecule has 0 radical (unpaired) electrons. The summed E-state index contributed by atoms with van der Waals surface area (Å²) < 4.78 is 52.3. The van der Waals surface area contributed by atoms with Crippen LogP contribution >= 0.6 is 0 Å². The Labute approximate surface area is 150 Å². The van der Waals surface area contributed by atoms with Crippen molar-refractivity contribution in [3.8, 4) is 12.3 Å². The molecule has 0 saturated heterocycles. The van der Waals surface area contributed by atoms with E-state index >= 15 is 0 Å². The molecule has 0 fully saturated rings. The SMILES string of the molecule is C#CCNS(=O)(=O)c1ccc(C(=O)NC(C)c2ccc(F)c(F)c2)cc1. The summed E-state index contributed by atoms with van der Waals surface area (Å²) in [7, 11) is -3.74. The highest BCUT2D eigenvalue weighted by atomic mass is 32.2. The van der Waals surface area contributed by atoms with Crippen LogP contribution in [0.4, 0.5) is 8.78 Å². The maximum absolute atomic E-state index is 13.3. The van der Waals surface area contributed by atoms with Crippen molar-refractivity contribution in [1.29, 1.82) is 0 Å². The Morgan fingerprint density at radius 1 is 1.15 bits per heavy atom. The molecular weight excluding hydrogens is 362 g/mol. The third-order valence-electron chi connectivity index (χ3n) is 3.58. The van der Waals surface area contributed by atoms with Crippen molar-refractivity contribution in [2.45, 2.75) is 17.9 Å². The van der Waals surface area contributed by atoms with Crippen molar-refractivity contribution in [2.75, 3.05) is 6.54 Å². The van der Waals surface area contributed by atoms with E-state index in [2.05, 4.69) is 16.0 Å². The summed E-state index contributed by atoms with van der Waals surface area (Å²) in [6.45, 7) is 1.48. The van der Waals surface area contributed by atoms with Crippen LogP contribution in [-0.4, -0.2) is 20.9 Å². The molecule has 26 heavy (non-hydrogen) atoms. The molecule has 0 spiro atoms. The number of carbonyl (C=O) groups is 1. The van der Waals surface area contributed by atoms with Crippen molar-refractivity contribution in [1.82, 2.24) is 10.0 Å². The van der Waals surface area contributed by atoms with E-state index in [1.165, 1.54) is 30.3 Å². The second kappa shape index (κ2) is 8.08. The smallest absolute Gasteiger partial charge is 0.251 e. The maximum atomic E-state index is 13.3. The van der Waals surface area contributed by atoms with Crippen LogP contribution in [0.5, 0.6) is 0 Å². The number of sulfonamides is 1. The number of nitrogens with one attached hydrogen (secondary N) is 2. The van der Waals surface area contributed by atoms with Crippen LogP contribution in [0.25, 0.3) is 0 Å².